The number of ether oxygens (including phenoxy) is 1. The zero-order valence-electron chi connectivity index (χ0n) is 9.75. The maximum Gasteiger partial charge on any atom is 0.338 e. The second kappa shape index (κ2) is 5.96. The van der Waals surface area contributed by atoms with Crippen LogP contribution in [-0.4, -0.2) is 53.1 Å². The lowest BCUT2D eigenvalue weighted by atomic mass is 10.1. The van der Waals surface area contributed by atoms with E-state index >= 15 is 0 Å². The Morgan fingerprint density at radius 1 is 1.25 bits per heavy atom. The number of aliphatic hydroxyl groups is 2. The average molecular weight is 306 g/mol. The van der Waals surface area contributed by atoms with Crippen molar-refractivity contribution in [2.45, 2.75) is 11.2 Å². The van der Waals surface area contributed by atoms with E-state index in [4.69, 9.17) is 19.9 Å². The monoisotopic (exact) mass is 306 g/mol. The van der Waals surface area contributed by atoms with Crippen LogP contribution in [0.15, 0.2) is 23.1 Å². The van der Waals surface area contributed by atoms with Gasteiger partial charge < -0.3 is 20.1 Å². The van der Waals surface area contributed by atoms with Gasteiger partial charge >= 0.3 is 11.9 Å². The van der Waals surface area contributed by atoms with Crippen LogP contribution in [0.5, 0.6) is 0 Å². The number of esters is 1. The molecule has 0 aliphatic carbocycles. The van der Waals surface area contributed by atoms with Crippen molar-refractivity contribution in [3.05, 3.63) is 29.3 Å². The number of carbonyl (C=O) groups is 2. The van der Waals surface area contributed by atoms with E-state index in [0.717, 1.165) is 12.1 Å². The summed E-state index contributed by atoms with van der Waals surface area (Å²) in [6.07, 6.45) is -1.89. The highest BCUT2D eigenvalue weighted by molar-refractivity contribution is 7.86. The molecule has 20 heavy (non-hydrogen) atoms. The van der Waals surface area contributed by atoms with Crippen molar-refractivity contribution in [1.29, 1.82) is 0 Å². The van der Waals surface area contributed by atoms with Crippen molar-refractivity contribution in [2.75, 3.05) is 6.61 Å². The van der Waals surface area contributed by atoms with E-state index in [1.165, 1.54) is 0 Å². The van der Waals surface area contributed by atoms with E-state index < -0.39 is 45.4 Å². The van der Waals surface area contributed by atoms with Gasteiger partial charge in [-0.15, -0.1) is 0 Å². The molecule has 4 N–H and O–H groups in total. The molecular weight excluding hydrogens is 296 g/mol. The van der Waals surface area contributed by atoms with Crippen LogP contribution in [0.1, 0.15) is 20.7 Å². The summed E-state index contributed by atoms with van der Waals surface area (Å²) in [6, 6.07) is 2.34. The number of hydrogen-bond acceptors (Lipinski definition) is 7. The van der Waals surface area contributed by atoms with E-state index in [2.05, 4.69) is 4.74 Å². The van der Waals surface area contributed by atoms with Gasteiger partial charge in [0.05, 0.1) is 11.1 Å². The summed E-state index contributed by atoms with van der Waals surface area (Å²) in [5, 5.41) is 25.9. The number of benzene rings is 1. The third-order valence-electron chi connectivity index (χ3n) is 2.09. The molecular formula is C10H10O9S. The van der Waals surface area contributed by atoms with Crippen LogP contribution in [0.2, 0.25) is 0 Å². The molecule has 10 heteroatoms. The second-order valence-electron chi connectivity index (χ2n) is 3.57. The number of carboxylic acid groups (broad SMARTS) is 1. The molecule has 0 aliphatic heterocycles. The van der Waals surface area contributed by atoms with E-state index in [0.29, 0.717) is 6.07 Å². The number of aliphatic hydroxyl groups excluding tert-OH is 1. The highest BCUT2D eigenvalue weighted by atomic mass is 32.2. The van der Waals surface area contributed by atoms with Crippen molar-refractivity contribution in [3.8, 4) is 0 Å². The molecule has 1 rings (SSSR count). The lowest BCUT2D eigenvalue weighted by Crippen LogP contribution is -2.18. The smallest absolute Gasteiger partial charge is 0.338 e. The average Bonchev–Trinajstić information content (AvgIpc) is 2.33. The fraction of sp³-hybridized carbons (Fsp3) is 0.200. The number of aromatic carboxylic acids is 1. The fourth-order valence-electron chi connectivity index (χ4n) is 1.28. The molecule has 0 unspecified atom stereocenters. The predicted molar refractivity (Wildman–Crippen MR) is 61.7 cm³/mol. The van der Waals surface area contributed by atoms with E-state index in [1.54, 1.807) is 0 Å². The third kappa shape index (κ3) is 3.99. The van der Waals surface area contributed by atoms with Crippen molar-refractivity contribution >= 4 is 22.1 Å². The number of rotatable bonds is 5. The molecule has 0 bridgehead atoms. The molecule has 0 atom stereocenters. The minimum Gasteiger partial charge on any atom is -0.478 e. The largest absolute Gasteiger partial charge is 0.478 e. The van der Waals surface area contributed by atoms with Crippen LogP contribution >= 0.6 is 0 Å². The Bertz CT molecular complexity index is 632. The molecule has 1 aromatic rings. The zero-order valence-corrected chi connectivity index (χ0v) is 10.6. The van der Waals surface area contributed by atoms with Gasteiger partial charge in [0.25, 0.3) is 10.1 Å². The van der Waals surface area contributed by atoms with Gasteiger partial charge in [-0.3, -0.25) is 4.55 Å². The minimum atomic E-state index is -4.76. The standard InChI is InChI=1S/C10H10O9S/c11-8(12)4-19-10(15)5-1-2-7(20(16,17)18)6(3-5)9(13)14/h1-3,8,11-12H,4H2,(H,13,14)(H,16,17,18). The molecule has 0 saturated carbocycles. The van der Waals surface area contributed by atoms with Gasteiger partial charge in [0, 0.05) is 0 Å². The van der Waals surface area contributed by atoms with Crippen LogP contribution in [-0.2, 0) is 14.9 Å². The zero-order chi connectivity index (χ0) is 15.5. The van der Waals surface area contributed by atoms with Gasteiger partial charge in [-0.25, -0.2) is 9.59 Å². The Labute approximate surface area is 112 Å². The van der Waals surface area contributed by atoms with Crippen molar-refractivity contribution in [3.63, 3.8) is 0 Å². The molecule has 0 spiro atoms. The first-order valence-corrected chi connectivity index (χ1v) is 6.45. The fourth-order valence-corrected chi connectivity index (χ4v) is 1.95. The van der Waals surface area contributed by atoms with Crippen LogP contribution < -0.4 is 0 Å². The molecule has 9 nitrogen and oxygen atoms in total. The van der Waals surface area contributed by atoms with Crippen LogP contribution in [0.25, 0.3) is 0 Å². The molecule has 0 radical (unpaired) electrons. The Balaban J connectivity index is 3.18. The Hall–Kier alpha value is -2.01. The first kappa shape index (κ1) is 16.0. The number of carbonyl (C=O) groups excluding carboxylic acids is 1. The summed E-state index contributed by atoms with van der Waals surface area (Å²) in [6.45, 7) is -0.735. The summed E-state index contributed by atoms with van der Waals surface area (Å²) in [5.41, 5.74) is -1.14. The molecule has 0 heterocycles. The van der Waals surface area contributed by atoms with E-state index in [9.17, 15) is 18.0 Å². The maximum atomic E-state index is 11.4. The summed E-state index contributed by atoms with van der Waals surface area (Å²) in [4.78, 5) is 21.5. The summed E-state index contributed by atoms with van der Waals surface area (Å²) in [5.74, 6) is -2.75. The summed E-state index contributed by atoms with van der Waals surface area (Å²) >= 11 is 0. The van der Waals surface area contributed by atoms with Gasteiger partial charge in [-0.2, -0.15) is 8.42 Å². The lowest BCUT2D eigenvalue weighted by Gasteiger charge is -2.08. The molecule has 0 aliphatic rings. The Morgan fingerprint density at radius 3 is 2.30 bits per heavy atom. The van der Waals surface area contributed by atoms with E-state index in [1.807, 2.05) is 0 Å². The molecule has 0 fully saturated rings. The normalized spacial score (nSPS) is 11.4. The first-order chi connectivity index (χ1) is 9.12. The van der Waals surface area contributed by atoms with Crippen LogP contribution in [0.4, 0.5) is 0 Å². The third-order valence-corrected chi connectivity index (χ3v) is 3.00. The van der Waals surface area contributed by atoms with Gasteiger partial charge in [0.1, 0.15) is 11.5 Å². The molecule has 0 saturated heterocycles. The SMILES string of the molecule is O=C(OCC(O)O)c1ccc(S(=O)(=O)O)c(C(=O)O)c1. The van der Waals surface area contributed by atoms with Gasteiger partial charge in [-0.1, -0.05) is 0 Å². The predicted octanol–water partition coefficient (Wildman–Crippen LogP) is -0.901. The quantitative estimate of drug-likeness (QED) is 0.307. The highest BCUT2D eigenvalue weighted by Crippen LogP contribution is 2.18. The van der Waals surface area contributed by atoms with Crippen molar-refractivity contribution in [2.24, 2.45) is 0 Å². The second-order valence-corrected chi connectivity index (χ2v) is 4.96. The van der Waals surface area contributed by atoms with Crippen LogP contribution in [0.3, 0.4) is 0 Å². The molecule has 1 aromatic carbocycles. The van der Waals surface area contributed by atoms with Gasteiger partial charge in [0.15, 0.2) is 6.29 Å². The Kier molecular flexibility index (Phi) is 4.78. The van der Waals surface area contributed by atoms with E-state index in [-0.39, 0.29) is 5.56 Å². The topological polar surface area (TPSA) is 158 Å². The van der Waals surface area contributed by atoms with Gasteiger partial charge in [-0.05, 0) is 18.2 Å². The maximum absolute atomic E-state index is 11.4. The molecule has 110 valence electrons. The molecule has 0 aromatic heterocycles. The van der Waals surface area contributed by atoms with Crippen LogP contribution in [0, 0.1) is 0 Å². The molecule has 0 amide bonds. The first-order valence-electron chi connectivity index (χ1n) is 5.01. The Morgan fingerprint density at radius 2 is 1.85 bits per heavy atom. The summed E-state index contributed by atoms with van der Waals surface area (Å²) in [7, 11) is -4.76. The van der Waals surface area contributed by atoms with Gasteiger partial charge in [0.2, 0.25) is 0 Å². The highest BCUT2D eigenvalue weighted by Gasteiger charge is 2.22. The minimum absolute atomic E-state index is 0.324. The lowest BCUT2D eigenvalue weighted by molar-refractivity contribution is -0.0812. The number of hydrogen-bond donors (Lipinski definition) is 4. The van der Waals surface area contributed by atoms with Crippen molar-refractivity contribution < 1.29 is 42.6 Å². The summed E-state index contributed by atoms with van der Waals surface area (Å²) < 4.78 is 35.2. The van der Waals surface area contributed by atoms with Crippen molar-refractivity contribution in [1.82, 2.24) is 0 Å². The number of carboxylic acids is 1.